The van der Waals surface area contributed by atoms with E-state index in [0.29, 0.717) is 26.9 Å². The number of benzene rings is 2. The van der Waals surface area contributed by atoms with Gasteiger partial charge in [0.05, 0.1) is 17.6 Å². The lowest BCUT2D eigenvalue weighted by Crippen LogP contribution is -2.38. The van der Waals surface area contributed by atoms with Crippen LogP contribution in [0.5, 0.6) is 5.75 Å². The number of nitrogens with zero attached hydrogens (tertiary/aromatic N) is 2. The normalized spacial score (nSPS) is 13.4. The number of pyridine rings is 2. The molecule has 5 rings (SSSR count). The molecule has 0 spiro atoms. The van der Waals surface area contributed by atoms with Crippen LogP contribution in [0.2, 0.25) is 0 Å². The maximum atomic E-state index is 11.3. The van der Waals surface area contributed by atoms with Crippen molar-refractivity contribution in [2.75, 3.05) is 13.2 Å². The zero-order valence-corrected chi connectivity index (χ0v) is 19.8. The highest BCUT2D eigenvalue weighted by Gasteiger charge is 2.45. The summed E-state index contributed by atoms with van der Waals surface area (Å²) in [5, 5.41) is 20.1. The number of ether oxygens (including phenoxy) is 1. The van der Waals surface area contributed by atoms with E-state index >= 15 is 0 Å². The molecule has 0 radical (unpaired) electrons. The van der Waals surface area contributed by atoms with Crippen molar-refractivity contribution in [3.8, 4) is 16.9 Å². The largest absolute Gasteiger partial charge is 0.493 e. The third-order valence-corrected chi connectivity index (χ3v) is 6.13. The van der Waals surface area contributed by atoms with Gasteiger partial charge in [0, 0.05) is 41.8 Å². The van der Waals surface area contributed by atoms with Crippen LogP contribution in [0.3, 0.4) is 0 Å². The summed E-state index contributed by atoms with van der Waals surface area (Å²) >= 11 is 0. The summed E-state index contributed by atoms with van der Waals surface area (Å²) in [6.07, 6.45) is 0.701. The number of rotatable bonds is 3. The van der Waals surface area contributed by atoms with Gasteiger partial charge in [0.15, 0.2) is 5.60 Å². The third-order valence-electron chi connectivity index (χ3n) is 6.13. The second-order valence-electron chi connectivity index (χ2n) is 9.05. The fraction of sp³-hybridized carbons (Fsp3) is 0.333. The molecule has 1 aliphatic rings. The van der Waals surface area contributed by atoms with Gasteiger partial charge < -0.3 is 14.9 Å². The van der Waals surface area contributed by atoms with Crippen LogP contribution in [0.15, 0.2) is 48.8 Å². The molecule has 2 aromatic carbocycles. The minimum Gasteiger partial charge on any atom is -0.493 e. The van der Waals surface area contributed by atoms with Gasteiger partial charge in [0.1, 0.15) is 5.75 Å². The lowest BCUT2D eigenvalue weighted by atomic mass is 9.88. The molecular weight excluding hydrogens is 457 g/mol. The van der Waals surface area contributed by atoms with E-state index in [1.165, 1.54) is 5.56 Å². The maximum Gasteiger partial charge on any atom is 0.416 e. The van der Waals surface area contributed by atoms with Gasteiger partial charge in [-0.15, -0.1) is 0 Å². The Hall–Kier alpha value is -3.23. The number of alkyl halides is 3. The van der Waals surface area contributed by atoms with Gasteiger partial charge in [0.2, 0.25) is 0 Å². The summed E-state index contributed by atoms with van der Waals surface area (Å²) < 4.78 is 39.8. The second kappa shape index (κ2) is 9.43. The summed E-state index contributed by atoms with van der Waals surface area (Å²) in [5.74, 6) is 0.905. The Bertz CT molecular complexity index is 1360. The summed E-state index contributed by atoms with van der Waals surface area (Å²) in [7, 11) is 0. The average Bonchev–Trinajstić information content (AvgIpc) is 2.80. The van der Waals surface area contributed by atoms with Gasteiger partial charge in [-0.1, -0.05) is 6.07 Å². The topological polar surface area (TPSA) is 75.5 Å². The summed E-state index contributed by atoms with van der Waals surface area (Å²) in [5.41, 5.74) is 5.12. The van der Waals surface area contributed by atoms with E-state index in [1.54, 1.807) is 0 Å². The first-order valence-corrected chi connectivity index (χ1v) is 11.3. The minimum absolute atomic E-state index is 0.109. The number of halogens is 3. The molecule has 184 valence electrons. The van der Waals surface area contributed by atoms with Crippen LogP contribution in [-0.2, 0) is 12.8 Å². The van der Waals surface area contributed by atoms with E-state index < -0.39 is 11.8 Å². The molecule has 0 unspecified atom stereocenters. The zero-order chi connectivity index (χ0) is 25.4. The smallest absolute Gasteiger partial charge is 0.416 e. The zero-order valence-electron chi connectivity index (χ0n) is 19.8. The monoisotopic (exact) mass is 484 g/mol. The molecule has 5 nitrogen and oxygen atoms in total. The second-order valence-corrected chi connectivity index (χ2v) is 9.05. The van der Waals surface area contributed by atoms with Crippen molar-refractivity contribution in [3.63, 3.8) is 0 Å². The minimum atomic E-state index is -4.51. The van der Waals surface area contributed by atoms with Crippen molar-refractivity contribution in [2.45, 2.75) is 45.4 Å². The summed E-state index contributed by atoms with van der Waals surface area (Å²) in [4.78, 5) is 9.30. The molecule has 0 amide bonds. The van der Waals surface area contributed by atoms with E-state index in [-0.39, 0.29) is 6.61 Å². The number of hydrogen-bond donors (Lipinski definition) is 2. The van der Waals surface area contributed by atoms with Gasteiger partial charge in [0.25, 0.3) is 0 Å². The highest BCUT2D eigenvalue weighted by molar-refractivity contribution is 6.07. The molecule has 3 heterocycles. The van der Waals surface area contributed by atoms with Crippen LogP contribution in [0, 0.1) is 6.92 Å². The van der Waals surface area contributed by atoms with Crippen LogP contribution in [-0.4, -0.2) is 45.2 Å². The first-order valence-electron chi connectivity index (χ1n) is 11.3. The van der Waals surface area contributed by atoms with E-state index in [4.69, 9.17) is 14.8 Å². The Morgan fingerprint density at radius 2 is 1.80 bits per heavy atom. The van der Waals surface area contributed by atoms with Gasteiger partial charge in [-0.2, -0.15) is 13.2 Å². The highest BCUT2D eigenvalue weighted by atomic mass is 19.4. The van der Waals surface area contributed by atoms with E-state index in [0.717, 1.165) is 56.2 Å². The predicted octanol–water partition coefficient (Wildman–Crippen LogP) is 5.55. The number of hydrogen-bond acceptors (Lipinski definition) is 5. The first-order chi connectivity index (χ1) is 16.5. The number of aliphatic hydroxyl groups is 2. The van der Waals surface area contributed by atoms with Crippen LogP contribution in [0.1, 0.15) is 30.5 Å². The fourth-order valence-corrected chi connectivity index (χ4v) is 4.24. The molecule has 0 saturated heterocycles. The predicted molar refractivity (Wildman–Crippen MR) is 130 cm³/mol. The third kappa shape index (κ3) is 4.81. The number of aryl methyl sites for hydroxylation is 1. The van der Waals surface area contributed by atoms with Crippen molar-refractivity contribution in [3.05, 3.63) is 65.5 Å². The van der Waals surface area contributed by atoms with Crippen molar-refractivity contribution >= 4 is 21.8 Å². The Morgan fingerprint density at radius 3 is 2.49 bits per heavy atom. The van der Waals surface area contributed by atoms with E-state index in [9.17, 15) is 18.3 Å². The Kier molecular flexibility index (Phi) is 6.71. The summed E-state index contributed by atoms with van der Waals surface area (Å²) in [6.45, 7) is 4.31. The standard InChI is InChI=1S/C23H20N2O2.C4H7F3O/c1-14-13-19-17(3-2-9-24-19)22(16(14)7-11-26)18-4-5-20-21-15(8-12-27-20)6-10-25-23(18)21;1-3(2,8)4(5,6)7/h2-6,9-10,13,26H,7-8,11-12H2,1H3;8H,1-2H3. The van der Waals surface area contributed by atoms with E-state index in [2.05, 4.69) is 42.2 Å². The Balaban J connectivity index is 0.000000314. The molecule has 8 heteroatoms. The van der Waals surface area contributed by atoms with Crippen LogP contribution >= 0.6 is 0 Å². The van der Waals surface area contributed by atoms with Crippen molar-refractivity contribution in [1.29, 1.82) is 0 Å². The number of aliphatic hydroxyl groups excluding tert-OH is 1. The number of aromatic nitrogens is 2. The molecule has 0 bridgehead atoms. The summed E-state index contributed by atoms with van der Waals surface area (Å²) in [6, 6.07) is 12.4. The van der Waals surface area contributed by atoms with Gasteiger partial charge in [-0.3, -0.25) is 9.97 Å². The van der Waals surface area contributed by atoms with Crippen LogP contribution in [0.4, 0.5) is 13.2 Å². The van der Waals surface area contributed by atoms with Crippen molar-refractivity contribution < 1.29 is 28.1 Å². The molecule has 0 aliphatic carbocycles. The van der Waals surface area contributed by atoms with E-state index in [1.807, 2.05) is 18.5 Å². The van der Waals surface area contributed by atoms with Crippen molar-refractivity contribution in [2.24, 2.45) is 0 Å². The molecule has 0 atom stereocenters. The molecule has 0 fully saturated rings. The van der Waals surface area contributed by atoms with Gasteiger partial charge >= 0.3 is 6.18 Å². The molecule has 35 heavy (non-hydrogen) atoms. The van der Waals surface area contributed by atoms with Gasteiger partial charge in [-0.25, -0.2) is 0 Å². The van der Waals surface area contributed by atoms with Crippen molar-refractivity contribution in [1.82, 2.24) is 9.97 Å². The molecule has 0 saturated carbocycles. The number of fused-ring (bicyclic) bond motifs is 1. The molecule has 4 aromatic rings. The fourth-order valence-electron chi connectivity index (χ4n) is 4.24. The van der Waals surface area contributed by atoms with Gasteiger partial charge in [-0.05, 0) is 79.8 Å². The highest BCUT2D eigenvalue weighted by Crippen LogP contribution is 2.41. The first kappa shape index (κ1) is 24.9. The Labute approximate surface area is 201 Å². The Morgan fingerprint density at radius 1 is 1.06 bits per heavy atom. The van der Waals surface area contributed by atoms with Crippen LogP contribution in [0.25, 0.3) is 32.9 Å². The maximum absolute atomic E-state index is 11.3. The average molecular weight is 485 g/mol. The lowest BCUT2D eigenvalue weighted by molar-refractivity contribution is -0.245. The SMILES string of the molecule is CC(C)(O)C(F)(F)F.Cc1cc2ncccc2c(-c2ccc3c4c(ccnc24)CCO3)c1CCO. The quantitative estimate of drug-likeness (QED) is 0.399. The lowest BCUT2D eigenvalue weighted by Gasteiger charge is -2.21. The molecule has 2 aromatic heterocycles. The molecular formula is C27H27F3N2O3. The molecule has 2 N–H and O–H groups in total. The van der Waals surface area contributed by atoms with Crippen LogP contribution < -0.4 is 4.74 Å². The molecule has 1 aliphatic heterocycles.